The van der Waals surface area contributed by atoms with Crippen molar-refractivity contribution in [2.45, 2.75) is 26.2 Å². The maximum absolute atomic E-state index is 11.6. The summed E-state index contributed by atoms with van der Waals surface area (Å²) in [7, 11) is 0. The minimum Gasteiger partial charge on any atom is -0.484 e. The predicted octanol–water partition coefficient (Wildman–Crippen LogP) is 1.61. The molecule has 0 radical (unpaired) electrons. The number of amides is 1. The van der Waals surface area contributed by atoms with Gasteiger partial charge in [-0.3, -0.25) is 9.59 Å². The van der Waals surface area contributed by atoms with E-state index in [2.05, 4.69) is 12.2 Å². The molecule has 5 nitrogen and oxygen atoms in total. The number of hydrogen-bond donors (Lipinski definition) is 2. The Hall–Kier alpha value is -2.04. The molecule has 0 aromatic heterocycles. The lowest BCUT2D eigenvalue weighted by Gasteiger charge is -2.11. The molecule has 2 rings (SSSR count). The summed E-state index contributed by atoms with van der Waals surface area (Å²) in [6.07, 6.45) is 2.21. The number of carboxylic acids is 1. The van der Waals surface area contributed by atoms with Gasteiger partial charge in [-0.05, 0) is 37.0 Å². The van der Waals surface area contributed by atoms with Crippen molar-refractivity contribution in [3.63, 3.8) is 0 Å². The zero-order valence-electron chi connectivity index (χ0n) is 11.5. The van der Waals surface area contributed by atoms with E-state index in [1.807, 2.05) is 24.3 Å². The Morgan fingerprint density at radius 3 is 2.45 bits per heavy atom. The van der Waals surface area contributed by atoms with Gasteiger partial charge < -0.3 is 15.2 Å². The number of nitrogens with one attached hydrogen (secondary N) is 1. The van der Waals surface area contributed by atoms with Crippen LogP contribution in [0.3, 0.4) is 0 Å². The SMILES string of the molecule is CCc1ccc(OCC(=O)NCC2(C(=O)O)CC2)cc1. The van der Waals surface area contributed by atoms with Gasteiger partial charge in [0.25, 0.3) is 5.91 Å². The van der Waals surface area contributed by atoms with Crippen LogP contribution in [0.2, 0.25) is 0 Å². The van der Waals surface area contributed by atoms with Crippen molar-refractivity contribution < 1.29 is 19.4 Å². The van der Waals surface area contributed by atoms with Crippen molar-refractivity contribution in [3.05, 3.63) is 29.8 Å². The highest BCUT2D eigenvalue weighted by Gasteiger charge is 2.50. The van der Waals surface area contributed by atoms with E-state index < -0.39 is 11.4 Å². The van der Waals surface area contributed by atoms with Gasteiger partial charge in [0.15, 0.2) is 6.61 Å². The summed E-state index contributed by atoms with van der Waals surface area (Å²) in [6, 6.07) is 7.56. The quantitative estimate of drug-likeness (QED) is 0.794. The second kappa shape index (κ2) is 5.94. The summed E-state index contributed by atoms with van der Waals surface area (Å²) in [5.74, 6) is -0.498. The molecule has 1 aliphatic rings. The molecule has 108 valence electrons. The number of hydrogen-bond acceptors (Lipinski definition) is 3. The van der Waals surface area contributed by atoms with Crippen LogP contribution in [0, 0.1) is 5.41 Å². The molecule has 1 fully saturated rings. The average Bonchev–Trinajstić information content (AvgIpc) is 3.25. The van der Waals surface area contributed by atoms with Crippen molar-refractivity contribution in [1.82, 2.24) is 5.32 Å². The Morgan fingerprint density at radius 2 is 1.95 bits per heavy atom. The molecule has 0 bridgehead atoms. The van der Waals surface area contributed by atoms with Gasteiger partial charge in [-0.2, -0.15) is 0 Å². The molecule has 0 aliphatic heterocycles. The minimum absolute atomic E-state index is 0.0961. The third-order valence-corrected chi connectivity index (χ3v) is 3.63. The van der Waals surface area contributed by atoms with Crippen LogP contribution in [0.25, 0.3) is 0 Å². The van der Waals surface area contributed by atoms with Gasteiger partial charge in [-0.25, -0.2) is 0 Å². The van der Waals surface area contributed by atoms with Crippen LogP contribution in [-0.2, 0) is 16.0 Å². The summed E-state index contributed by atoms with van der Waals surface area (Å²) in [5, 5.41) is 11.6. The summed E-state index contributed by atoms with van der Waals surface area (Å²) >= 11 is 0. The van der Waals surface area contributed by atoms with Gasteiger partial charge >= 0.3 is 5.97 Å². The van der Waals surface area contributed by atoms with Crippen LogP contribution in [0.5, 0.6) is 5.75 Å². The monoisotopic (exact) mass is 277 g/mol. The molecule has 0 atom stereocenters. The Balaban J connectivity index is 1.73. The molecule has 1 aromatic carbocycles. The number of carboxylic acid groups (broad SMARTS) is 1. The van der Waals surface area contributed by atoms with Crippen molar-refractivity contribution in [3.8, 4) is 5.75 Å². The molecule has 0 heterocycles. The Bertz CT molecular complexity index is 491. The second-order valence-electron chi connectivity index (χ2n) is 5.15. The van der Waals surface area contributed by atoms with Crippen LogP contribution in [0.4, 0.5) is 0 Å². The van der Waals surface area contributed by atoms with E-state index in [0.717, 1.165) is 6.42 Å². The lowest BCUT2D eigenvalue weighted by atomic mass is 10.1. The highest BCUT2D eigenvalue weighted by Crippen LogP contribution is 2.45. The molecule has 0 spiro atoms. The first-order valence-corrected chi connectivity index (χ1v) is 6.77. The predicted molar refractivity (Wildman–Crippen MR) is 73.6 cm³/mol. The van der Waals surface area contributed by atoms with Crippen molar-refractivity contribution >= 4 is 11.9 Å². The summed E-state index contributed by atoms with van der Waals surface area (Å²) in [6.45, 7) is 2.15. The highest BCUT2D eigenvalue weighted by atomic mass is 16.5. The fourth-order valence-corrected chi connectivity index (χ4v) is 1.91. The fraction of sp³-hybridized carbons (Fsp3) is 0.467. The molecule has 0 unspecified atom stereocenters. The Kier molecular flexibility index (Phi) is 4.27. The largest absolute Gasteiger partial charge is 0.484 e. The maximum Gasteiger partial charge on any atom is 0.311 e. The van der Waals surface area contributed by atoms with Crippen molar-refractivity contribution in [1.29, 1.82) is 0 Å². The Labute approximate surface area is 117 Å². The number of ether oxygens (including phenoxy) is 1. The summed E-state index contributed by atoms with van der Waals surface area (Å²) in [4.78, 5) is 22.6. The average molecular weight is 277 g/mol. The maximum atomic E-state index is 11.6. The van der Waals surface area contributed by atoms with Crippen LogP contribution >= 0.6 is 0 Å². The van der Waals surface area contributed by atoms with Gasteiger partial charge in [0.2, 0.25) is 0 Å². The lowest BCUT2D eigenvalue weighted by molar-refractivity contribution is -0.143. The lowest BCUT2D eigenvalue weighted by Crippen LogP contribution is -2.36. The molecule has 20 heavy (non-hydrogen) atoms. The zero-order valence-corrected chi connectivity index (χ0v) is 11.5. The van der Waals surface area contributed by atoms with E-state index in [1.165, 1.54) is 5.56 Å². The van der Waals surface area contributed by atoms with Gasteiger partial charge in [0.1, 0.15) is 5.75 Å². The molecule has 1 aliphatic carbocycles. The summed E-state index contributed by atoms with van der Waals surface area (Å²) in [5.41, 5.74) is 0.470. The molecular weight excluding hydrogens is 258 g/mol. The van der Waals surface area contributed by atoms with Gasteiger partial charge in [0, 0.05) is 6.54 Å². The summed E-state index contributed by atoms with van der Waals surface area (Å²) < 4.78 is 5.35. The molecule has 0 saturated heterocycles. The van der Waals surface area contributed by atoms with E-state index in [0.29, 0.717) is 18.6 Å². The molecule has 1 saturated carbocycles. The minimum atomic E-state index is -0.839. The van der Waals surface area contributed by atoms with Crippen LogP contribution in [0.1, 0.15) is 25.3 Å². The van der Waals surface area contributed by atoms with Gasteiger partial charge in [0.05, 0.1) is 5.41 Å². The van der Waals surface area contributed by atoms with E-state index >= 15 is 0 Å². The van der Waals surface area contributed by atoms with Crippen molar-refractivity contribution in [2.75, 3.05) is 13.2 Å². The van der Waals surface area contributed by atoms with Crippen LogP contribution in [-0.4, -0.2) is 30.1 Å². The molecule has 1 aromatic rings. The normalized spacial score (nSPS) is 15.4. The highest BCUT2D eigenvalue weighted by molar-refractivity contribution is 5.81. The van der Waals surface area contributed by atoms with E-state index in [9.17, 15) is 9.59 Å². The third-order valence-electron chi connectivity index (χ3n) is 3.63. The number of benzene rings is 1. The van der Waals surface area contributed by atoms with Crippen LogP contribution in [0.15, 0.2) is 24.3 Å². The second-order valence-corrected chi connectivity index (χ2v) is 5.15. The first kappa shape index (κ1) is 14.4. The van der Waals surface area contributed by atoms with Gasteiger partial charge in [-0.15, -0.1) is 0 Å². The van der Waals surface area contributed by atoms with Crippen molar-refractivity contribution in [2.24, 2.45) is 5.41 Å². The van der Waals surface area contributed by atoms with E-state index in [4.69, 9.17) is 9.84 Å². The number of carbonyl (C=O) groups is 2. The topological polar surface area (TPSA) is 75.6 Å². The smallest absolute Gasteiger partial charge is 0.311 e. The number of aryl methyl sites for hydroxylation is 1. The fourth-order valence-electron chi connectivity index (χ4n) is 1.91. The molecule has 1 amide bonds. The van der Waals surface area contributed by atoms with Crippen LogP contribution < -0.4 is 10.1 Å². The molecular formula is C15H19NO4. The van der Waals surface area contributed by atoms with E-state index in [1.54, 1.807) is 0 Å². The first-order chi connectivity index (χ1) is 9.55. The molecule has 2 N–H and O–H groups in total. The molecule has 5 heteroatoms. The number of carbonyl (C=O) groups excluding carboxylic acids is 1. The first-order valence-electron chi connectivity index (χ1n) is 6.77. The zero-order chi connectivity index (χ0) is 14.6. The third kappa shape index (κ3) is 3.50. The Morgan fingerprint density at radius 1 is 1.30 bits per heavy atom. The number of aliphatic carboxylic acids is 1. The van der Waals surface area contributed by atoms with E-state index in [-0.39, 0.29) is 19.1 Å². The number of rotatable bonds is 7. The van der Waals surface area contributed by atoms with Gasteiger partial charge in [-0.1, -0.05) is 19.1 Å². The standard InChI is InChI=1S/C15H19NO4/c1-2-11-3-5-12(6-4-11)20-9-13(17)16-10-15(7-8-15)14(18)19/h3-6H,2,7-10H2,1H3,(H,16,17)(H,18,19).